The summed E-state index contributed by atoms with van der Waals surface area (Å²) in [6.45, 7) is 7.11. The minimum absolute atomic E-state index is 0.358. The zero-order valence-corrected chi connectivity index (χ0v) is 15.0. The Hall–Kier alpha value is -2.12. The van der Waals surface area contributed by atoms with Gasteiger partial charge in [-0.1, -0.05) is 80.2 Å². The lowest BCUT2D eigenvalue weighted by molar-refractivity contribution is -0.144. The molecule has 0 fully saturated rings. The van der Waals surface area contributed by atoms with Crippen LogP contribution in [0, 0.1) is 0 Å². The summed E-state index contributed by atoms with van der Waals surface area (Å²) in [4.78, 5) is 11.5. The van der Waals surface area contributed by atoms with Crippen molar-refractivity contribution in [2.45, 2.75) is 32.0 Å². The van der Waals surface area contributed by atoms with Crippen LogP contribution in [0.5, 0.6) is 0 Å². The van der Waals surface area contributed by atoms with E-state index in [1.165, 1.54) is 6.92 Å². The first-order valence-corrected chi connectivity index (χ1v) is 9.82. The van der Waals surface area contributed by atoms with Gasteiger partial charge in [-0.05, 0) is 6.42 Å². The van der Waals surface area contributed by atoms with Gasteiger partial charge in [0.25, 0.3) is 0 Å². The van der Waals surface area contributed by atoms with Gasteiger partial charge in [-0.3, -0.25) is 4.79 Å². The predicted octanol–water partition coefficient (Wildman–Crippen LogP) is 3.90. The number of ether oxygens (including phenoxy) is 1. The number of carbonyl (C=O) groups is 1. The van der Waals surface area contributed by atoms with E-state index >= 15 is 0 Å². The summed E-state index contributed by atoms with van der Waals surface area (Å²) in [5.41, 5.74) is -0.358. The van der Waals surface area contributed by atoms with Crippen molar-refractivity contribution in [2.75, 3.05) is 0 Å². The van der Waals surface area contributed by atoms with E-state index in [-0.39, 0.29) is 5.66 Å². The molecule has 0 aliphatic carbocycles. The van der Waals surface area contributed by atoms with Gasteiger partial charge in [0.15, 0.2) is 0 Å². The third kappa shape index (κ3) is 3.68. The van der Waals surface area contributed by atoms with Crippen LogP contribution in [-0.4, -0.2) is 17.7 Å². The summed E-state index contributed by atoms with van der Waals surface area (Å²) in [5, 5.41) is 1.53. The van der Waals surface area contributed by atoms with E-state index in [9.17, 15) is 9.36 Å². The Morgan fingerprint density at radius 3 is 1.88 bits per heavy atom. The molecular weight excluding hydrogens is 319 g/mol. The Bertz CT molecular complexity index is 682. The highest BCUT2D eigenvalue weighted by Crippen LogP contribution is 2.52. The molecule has 0 aliphatic rings. The fourth-order valence-corrected chi connectivity index (χ4v) is 6.41. The topological polar surface area (TPSA) is 43.4 Å². The number of carbonyl (C=O) groups excluding carboxylic acids is 1. The molecule has 2 atom stereocenters. The predicted molar refractivity (Wildman–Crippen MR) is 99.6 cm³/mol. The first-order valence-electron chi connectivity index (χ1n) is 8.04. The molecule has 0 aromatic heterocycles. The van der Waals surface area contributed by atoms with Crippen LogP contribution in [0.3, 0.4) is 0 Å². The van der Waals surface area contributed by atoms with Crippen molar-refractivity contribution in [2.24, 2.45) is 0 Å². The maximum absolute atomic E-state index is 14.3. The molecule has 0 N–H and O–H groups in total. The van der Waals surface area contributed by atoms with Crippen LogP contribution >= 0.6 is 7.14 Å². The largest absolute Gasteiger partial charge is 0.458 e. The Labute approximate surface area is 143 Å². The van der Waals surface area contributed by atoms with Gasteiger partial charge in [-0.2, -0.15) is 0 Å². The monoisotopic (exact) mass is 342 g/mol. The maximum Gasteiger partial charge on any atom is 0.303 e. The van der Waals surface area contributed by atoms with E-state index in [4.69, 9.17) is 4.74 Å². The van der Waals surface area contributed by atoms with E-state index in [1.54, 1.807) is 6.08 Å². The van der Waals surface area contributed by atoms with Crippen LogP contribution in [0.25, 0.3) is 0 Å². The van der Waals surface area contributed by atoms with Gasteiger partial charge in [0.05, 0.1) is 5.66 Å². The van der Waals surface area contributed by atoms with Gasteiger partial charge in [0.1, 0.15) is 13.2 Å². The second-order valence-corrected chi connectivity index (χ2v) is 8.63. The minimum atomic E-state index is -3.01. The number of hydrogen-bond donors (Lipinski definition) is 0. The minimum Gasteiger partial charge on any atom is -0.458 e. The van der Waals surface area contributed by atoms with Crippen molar-refractivity contribution < 1.29 is 14.1 Å². The average molecular weight is 342 g/mol. The van der Waals surface area contributed by atoms with Crippen molar-refractivity contribution in [1.29, 1.82) is 0 Å². The summed E-state index contributed by atoms with van der Waals surface area (Å²) >= 11 is 0. The molecule has 2 aromatic rings. The summed E-state index contributed by atoms with van der Waals surface area (Å²) < 4.78 is 19.7. The SMILES string of the molecule is C=CC(OC(C)=O)C(CC)P(=O)(c1ccccc1)c1ccccc1. The van der Waals surface area contributed by atoms with E-state index in [1.807, 2.05) is 67.6 Å². The summed E-state index contributed by atoms with van der Waals surface area (Å²) in [6, 6.07) is 18.8. The van der Waals surface area contributed by atoms with E-state index in [2.05, 4.69) is 6.58 Å². The highest BCUT2D eigenvalue weighted by molar-refractivity contribution is 7.79. The Morgan fingerprint density at radius 2 is 1.54 bits per heavy atom. The maximum atomic E-state index is 14.3. The van der Waals surface area contributed by atoms with Crippen molar-refractivity contribution in [3.8, 4) is 0 Å². The van der Waals surface area contributed by atoms with E-state index in [0.717, 1.165) is 10.6 Å². The molecular formula is C20H23O3P. The number of benzene rings is 2. The van der Waals surface area contributed by atoms with Crippen molar-refractivity contribution >= 4 is 23.7 Å². The lowest BCUT2D eigenvalue weighted by Gasteiger charge is -2.32. The molecule has 0 radical (unpaired) electrons. The van der Waals surface area contributed by atoms with Crippen LogP contribution < -0.4 is 10.6 Å². The molecule has 2 unspecified atom stereocenters. The third-order valence-electron chi connectivity index (χ3n) is 4.08. The van der Waals surface area contributed by atoms with Crippen molar-refractivity contribution in [3.63, 3.8) is 0 Å². The van der Waals surface area contributed by atoms with Gasteiger partial charge in [0.2, 0.25) is 0 Å². The number of hydrogen-bond acceptors (Lipinski definition) is 3. The smallest absolute Gasteiger partial charge is 0.303 e. The van der Waals surface area contributed by atoms with Crippen molar-refractivity contribution in [3.05, 3.63) is 73.3 Å². The summed E-state index contributed by atoms with van der Waals surface area (Å²) in [5.74, 6) is -0.397. The van der Waals surface area contributed by atoms with Gasteiger partial charge in [-0.15, -0.1) is 0 Å². The van der Waals surface area contributed by atoms with Gasteiger partial charge >= 0.3 is 5.97 Å². The van der Waals surface area contributed by atoms with Crippen LogP contribution in [0.2, 0.25) is 0 Å². The second-order valence-electron chi connectivity index (χ2n) is 5.61. The Kier molecular flexibility index (Phi) is 6.16. The fourth-order valence-electron chi connectivity index (χ4n) is 3.00. The van der Waals surface area contributed by atoms with Gasteiger partial charge in [0, 0.05) is 17.5 Å². The number of esters is 1. The quantitative estimate of drug-likeness (QED) is 0.435. The van der Waals surface area contributed by atoms with Crippen LogP contribution in [0.15, 0.2) is 73.3 Å². The fraction of sp³-hybridized carbons (Fsp3) is 0.250. The molecule has 4 heteroatoms. The average Bonchev–Trinajstić information content (AvgIpc) is 2.62. The molecule has 126 valence electrons. The van der Waals surface area contributed by atoms with E-state index in [0.29, 0.717) is 6.42 Å². The highest BCUT2D eigenvalue weighted by Gasteiger charge is 2.40. The molecule has 0 bridgehead atoms. The Balaban J connectivity index is 2.63. The summed E-state index contributed by atoms with van der Waals surface area (Å²) in [7, 11) is -3.01. The zero-order valence-electron chi connectivity index (χ0n) is 14.1. The molecule has 0 heterocycles. The lowest BCUT2D eigenvalue weighted by atomic mass is 10.2. The molecule has 0 spiro atoms. The summed E-state index contributed by atoms with van der Waals surface area (Å²) in [6.07, 6.45) is 1.58. The van der Waals surface area contributed by atoms with Gasteiger partial charge in [-0.25, -0.2) is 0 Å². The molecule has 24 heavy (non-hydrogen) atoms. The molecule has 2 rings (SSSR count). The second kappa shape index (κ2) is 8.12. The number of rotatable bonds is 7. The Morgan fingerprint density at radius 1 is 1.08 bits per heavy atom. The normalized spacial score (nSPS) is 13.8. The van der Waals surface area contributed by atoms with Crippen LogP contribution in [-0.2, 0) is 14.1 Å². The van der Waals surface area contributed by atoms with E-state index < -0.39 is 19.2 Å². The van der Waals surface area contributed by atoms with Gasteiger partial charge < -0.3 is 9.30 Å². The lowest BCUT2D eigenvalue weighted by Crippen LogP contribution is -2.35. The molecule has 3 nitrogen and oxygen atoms in total. The standard InChI is InChI=1S/C20H23O3P/c1-4-19(23-16(3)21)20(5-2)24(22,17-12-8-6-9-13-17)18-14-10-7-11-15-18/h4,6-15,19-20H,1,5H2,2-3H3. The first kappa shape index (κ1) is 18.2. The van der Waals surface area contributed by atoms with Crippen molar-refractivity contribution in [1.82, 2.24) is 0 Å². The first-order chi connectivity index (χ1) is 11.5. The highest BCUT2D eigenvalue weighted by atomic mass is 31.2. The molecule has 0 saturated heterocycles. The molecule has 0 aliphatic heterocycles. The molecule has 2 aromatic carbocycles. The molecule has 0 amide bonds. The van der Waals surface area contributed by atoms with Crippen LogP contribution in [0.1, 0.15) is 20.3 Å². The third-order valence-corrected chi connectivity index (χ3v) is 7.80. The zero-order chi connectivity index (χ0) is 17.6. The molecule has 0 saturated carbocycles. The van der Waals surface area contributed by atoms with Crippen LogP contribution in [0.4, 0.5) is 0 Å².